The fraction of sp³-hybridized carbons (Fsp3) is 0.200. The van der Waals surface area contributed by atoms with E-state index in [4.69, 9.17) is 10.5 Å². The number of nitrogens with zero attached hydrogens (tertiary/aromatic N) is 3. The Morgan fingerprint density at radius 3 is 2.85 bits per heavy atom. The Morgan fingerprint density at radius 2 is 2.05 bits per heavy atom. The molecule has 2 heterocycles. The van der Waals surface area contributed by atoms with Gasteiger partial charge in [-0.15, -0.1) is 0 Å². The summed E-state index contributed by atoms with van der Waals surface area (Å²) in [5.41, 5.74) is 5.63. The average Bonchev–Trinajstić information content (AvgIpc) is 2.94. The second-order valence-corrected chi connectivity index (χ2v) is 4.44. The van der Waals surface area contributed by atoms with Gasteiger partial charge in [-0.1, -0.05) is 12.1 Å². The summed E-state index contributed by atoms with van der Waals surface area (Å²) in [6.07, 6.45) is 6.18. The monoisotopic (exact) mass is 268 g/mol. The summed E-state index contributed by atoms with van der Waals surface area (Å²) < 4.78 is 7.39. The molecule has 3 aromatic rings. The summed E-state index contributed by atoms with van der Waals surface area (Å²) in [4.78, 5) is 8.84. The van der Waals surface area contributed by atoms with E-state index in [0.717, 1.165) is 34.6 Å². The van der Waals surface area contributed by atoms with Crippen LogP contribution in [0.3, 0.4) is 0 Å². The standard InChI is InChI=1S/C15H16N4O/c1-20-13-4-2-3-12-11(13)6-8-18-15(12)19-10-9-17-14(19)5-7-16/h2-4,6,8-10H,5,7,16H2,1H3. The molecule has 0 radical (unpaired) electrons. The lowest BCUT2D eigenvalue weighted by atomic mass is 10.1. The minimum Gasteiger partial charge on any atom is -0.496 e. The molecule has 0 spiro atoms. The maximum absolute atomic E-state index is 5.63. The molecule has 2 aromatic heterocycles. The highest BCUT2D eigenvalue weighted by Crippen LogP contribution is 2.28. The summed E-state index contributed by atoms with van der Waals surface area (Å²) >= 11 is 0. The van der Waals surface area contributed by atoms with Gasteiger partial charge in [0.25, 0.3) is 0 Å². The molecule has 0 aliphatic carbocycles. The molecular weight excluding hydrogens is 252 g/mol. The molecule has 0 saturated heterocycles. The van der Waals surface area contributed by atoms with Crippen molar-refractivity contribution in [2.45, 2.75) is 6.42 Å². The second-order valence-electron chi connectivity index (χ2n) is 4.44. The number of rotatable bonds is 4. The lowest BCUT2D eigenvalue weighted by Crippen LogP contribution is -2.09. The van der Waals surface area contributed by atoms with Gasteiger partial charge in [0.05, 0.1) is 7.11 Å². The van der Waals surface area contributed by atoms with Crippen molar-refractivity contribution in [2.24, 2.45) is 5.73 Å². The smallest absolute Gasteiger partial charge is 0.146 e. The first-order valence-corrected chi connectivity index (χ1v) is 6.49. The fourth-order valence-electron chi connectivity index (χ4n) is 2.37. The topological polar surface area (TPSA) is 66.0 Å². The van der Waals surface area contributed by atoms with Crippen LogP contribution < -0.4 is 10.5 Å². The Bertz CT molecular complexity index is 736. The summed E-state index contributed by atoms with van der Waals surface area (Å²) in [6.45, 7) is 0.561. The van der Waals surface area contributed by atoms with Gasteiger partial charge in [-0.05, 0) is 18.7 Å². The van der Waals surface area contributed by atoms with Gasteiger partial charge in [-0.2, -0.15) is 0 Å². The van der Waals surface area contributed by atoms with Gasteiger partial charge >= 0.3 is 0 Å². The average molecular weight is 268 g/mol. The Balaban J connectivity index is 2.24. The van der Waals surface area contributed by atoms with Crippen LogP contribution in [0.2, 0.25) is 0 Å². The van der Waals surface area contributed by atoms with Crippen molar-refractivity contribution in [2.75, 3.05) is 13.7 Å². The molecule has 5 nitrogen and oxygen atoms in total. The van der Waals surface area contributed by atoms with E-state index >= 15 is 0 Å². The van der Waals surface area contributed by atoms with Crippen LogP contribution in [0.1, 0.15) is 5.82 Å². The van der Waals surface area contributed by atoms with Crippen molar-refractivity contribution in [3.63, 3.8) is 0 Å². The van der Waals surface area contributed by atoms with Gasteiger partial charge in [0.1, 0.15) is 17.4 Å². The number of nitrogens with two attached hydrogens (primary N) is 1. The Hall–Kier alpha value is -2.40. The van der Waals surface area contributed by atoms with Crippen LogP contribution in [0.4, 0.5) is 0 Å². The Morgan fingerprint density at radius 1 is 1.15 bits per heavy atom. The maximum atomic E-state index is 5.63. The van der Waals surface area contributed by atoms with Crippen molar-refractivity contribution >= 4 is 10.8 Å². The minimum absolute atomic E-state index is 0.561. The van der Waals surface area contributed by atoms with Gasteiger partial charge in [-0.3, -0.25) is 4.57 Å². The van der Waals surface area contributed by atoms with E-state index in [1.165, 1.54) is 0 Å². The van der Waals surface area contributed by atoms with E-state index < -0.39 is 0 Å². The zero-order chi connectivity index (χ0) is 13.9. The normalized spacial score (nSPS) is 10.9. The highest BCUT2D eigenvalue weighted by Gasteiger charge is 2.11. The number of methoxy groups -OCH3 is 1. The van der Waals surface area contributed by atoms with E-state index in [1.807, 2.05) is 35.0 Å². The van der Waals surface area contributed by atoms with Crippen molar-refractivity contribution in [3.05, 3.63) is 48.7 Å². The molecule has 5 heteroatoms. The van der Waals surface area contributed by atoms with E-state index in [2.05, 4.69) is 9.97 Å². The van der Waals surface area contributed by atoms with Crippen LogP contribution in [0, 0.1) is 0 Å². The SMILES string of the molecule is COc1cccc2c(-n3ccnc3CCN)nccc12. The number of ether oxygens (including phenoxy) is 1. The summed E-state index contributed by atoms with van der Waals surface area (Å²) in [6, 6.07) is 7.90. The number of aromatic nitrogens is 3. The van der Waals surface area contributed by atoms with Crippen LogP contribution in [-0.2, 0) is 6.42 Å². The number of pyridine rings is 1. The van der Waals surface area contributed by atoms with Gasteiger partial charge in [0.15, 0.2) is 0 Å². The van der Waals surface area contributed by atoms with Crippen LogP contribution >= 0.6 is 0 Å². The second kappa shape index (κ2) is 5.30. The van der Waals surface area contributed by atoms with Crippen molar-refractivity contribution in [1.82, 2.24) is 14.5 Å². The first-order chi connectivity index (χ1) is 9.85. The molecule has 3 rings (SSSR count). The Kier molecular flexibility index (Phi) is 3.35. The zero-order valence-corrected chi connectivity index (χ0v) is 11.3. The number of imidazole rings is 1. The number of fused-ring (bicyclic) bond motifs is 1. The highest BCUT2D eigenvalue weighted by atomic mass is 16.5. The van der Waals surface area contributed by atoms with Crippen LogP contribution in [0.15, 0.2) is 42.9 Å². The van der Waals surface area contributed by atoms with E-state index in [0.29, 0.717) is 6.54 Å². The molecule has 0 amide bonds. The van der Waals surface area contributed by atoms with E-state index in [9.17, 15) is 0 Å². The lowest BCUT2D eigenvalue weighted by Gasteiger charge is -2.11. The lowest BCUT2D eigenvalue weighted by molar-refractivity contribution is 0.420. The molecule has 1 aromatic carbocycles. The molecule has 0 bridgehead atoms. The third kappa shape index (κ3) is 2.02. The summed E-state index contributed by atoms with van der Waals surface area (Å²) in [5, 5.41) is 2.07. The van der Waals surface area contributed by atoms with Gasteiger partial charge in [0.2, 0.25) is 0 Å². The summed E-state index contributed by atoms with van der Waals surface area (Å²) in [7, 11) is 1.67. The van der Waals surface area contributed by atoms with Crippen molar-refractivity contribution < 1.29 is 4.74 Å². The van der Waals surface area contributed by atoms with Crippen LogP contribution in [-0.4, -0.2) is 28.2 Å². The predicted octanol–water partition coefficient (Wildman–Crippen LogP) is 1.93. The maximum Gasteiger partial charge on any atom is 0.146 e. The van der Waals surface area contributed by atoms with Crippen molar-refractivity contribution in [3.8, 4) is 11.6 Å². The molecule has 2 N–H and O–H groups in total. The third-order valence-corrected chi connectivity index (χ3v) is 3.28. The highest BCUT2D eigenvalue weighted by molar-refractivity contribution is 5.93. The third-order valence-electron chi connectivity index (χ3n) is 3.28. The molecule has 0 aliphatic rings. The molecule has 0 atom stereocenters. The van der Waals surface area contributed by atoms with Crippen LogP contribution in [0.25, 0.3) is 16.6 Å². The molecule has 0 saturated carbocycles. The zero-order valence-electron chi connectivity index (χ0n) is 11.3. The van der Waals surface area contributed by atoms with E-state index in [-0.39, 0.29) is 0 Å². The largest absolute Gasteiger partial charge is 0.496 e. The summed E-state index contributed by atoms with van der Waals surface area (Å²) in [5.74, 6) is 2.60. The number of benzene rings is 1. The number of hydrogen-bond donors (Lipinski definition) is 1. The Labute approximate surface area is 117 Å². The predicted molar refractivity (Wildman–Crippen MR) is 78.2 cm³/mol. The van der Waals surface area contributed by atoms with E-state index in [1.54, 1.807) is 19.5 Å². The van der Waals surface area contributed by atoms with Gasteiger partial charge in [-0.25, -0.2) is 9.97 Å². The molecule has 0 fully saturated rings. The molecule has 102 valence electrons. The van der Waals surface area contributed by atoms with Gasteiger partial charge in [0, 0.05) is 35.8 Å². The molecule has 0 unspecified atom stereocenters. The minimum atomic E-state index is 0.561. The molecule has 20 heavy (non-hydrogen) atoms. The quantitative estimate of drug-likeness (QED) is 0.785. The first kappa shape index (κ1) is 12.6. The molecule has 0 aliphatic heterocycles. The fourth-order valence-corrected chi connectivity index (χ4v) is 2.37. The first-order valence-electron chi connectivity index (χ1n) is 6.49. The van der Waals surface area contributed by atoms with Crippen molar-refractivity contribution in [1.29, 1.82) is 0 Å². The van der Waals surface area contributed by atoms with Crippen LogP contribution in [0.5, 0.6) is 5.75 Å². The molecular formula is C15H16N4O. The van der Waals surface area contributed by atoms with Gasteiger partial charge < -0.3 is 10.5 Å². The number of hydrogen-bond acceptors (Lipinski definition) is 4.